The Morgan fingerprint density at radius 2 is 1.85 bits per heavy atom. The molecule has 1 aromatic carbocycles. The number of benzene rings is 1. The number of nitrogens with zero attached hydrogens (tertiary/aromatic N) is 1. The average Bonchev–Trinajstić information content (AvgIpc) is 3.02. The van der Waals surface area contributed by atoms with E-state index < -0.39 is 0 Å². The fourth-order valence-corrected chi connectivity index (χ4v) is 4.71. The van der Waals surface area contributed by atoms with Crippen molar-refractivity contribution in [3.8, 4) is 11.5 Å². The van der Waals surface area contributed by atoms with Gasteiger partial charge in [-0.15, -0.1) is 0 Å². The Morgan fingerprint density at radius 1 is 1.09 bits per heavy atom. The summed E-state index contributed by atoms with van der Waals surface area (Å²) >= 11 is 0. The second-order valence-corrected chi connectivity index (χ2v) is 9.82. The SMILES string of the molecule is CCCC(C)NC(=O)C1CCCN(CC(=O)NC(c2ccc3c(c2)OCCCO3)C(C)C)C1. The highest BCUT2D eigenvalue weighted by Crippen LogP contribution is 2.34. The van der Waals surface area contributed by atoms with Crippen molar-refractivity contribution in [3.63, 3.8) is 0 Å². The molecule has 7 nitrogen and oxygen atoms in total. The van der Waals surface area contributed by atoms with E-state index in [0.717, 1.165) is 55.7 Å². The molecule has 3 unspecified atom stereocenters. The maximum Gasteiger partial charge on any atom is 0.234 e. The summed E-state index contributed by atoms with van der Waals surface area (Å²) in [7, 11) is 0. The van der Waals surface area contributed by atoms with Crippen molar-refractivity contribution in [2.45, 2.75) is 71.9 Å². The van der Waals surface area contributed by atoms with Gasteiger partial charge in [0.25, 0.3) is 0 Å². The van der Waals surface area contributed by atoms with Gasteiger partial charge in [0.05, 0.1) is 31.7 Å². The molecule has 0 bridgehead atoms. The molecule has 1 saturated heterocycles. The number of hydrogen-bond acceptors (Lipinski definition) is 5. The highest BCUT2D eigenvalue weighted by atomic mass is 16.5. The van der Waals surface area contributed by atoms with Crippen LogP contribution in [0.3, 0.4) is 0 Å². The topological polar surface area (TPSA) is 79.9 Å². The lowest BCUT2D eigenvalue weighted by molar-refractivity contribution is -0.129. The smallest absolute Gasteiger partial charge is 0.234 e. The molecule has 0 aromatic heterocycles. The Bertz CT molecular complexity index is 798. The van der Waals surface area contributed by atoms with Crippen LogP contribution in [0.4, 0.5) is 0 Å². The lowest BCUT2D eigenvalue weighted by Gasteiger charge is -2.33. The van der Waals surface area contributed by atoms with Crippen LogP contribution in [-0.4, -0.2) is 55.6 Å². The summed E-state index contributed by atoms with van der Waals surface area (Å²) in [6.45, 7) is 11.5. The predicted octanol–water partition coefficient (Wildman–Crippen LogP) is 3.68. The number of carbonyl (C=O) groups excluding carboxylic acids is 2. The fraction of sp³-hybridized carbons (Fsp3) is 0.692. The lowest BCUT2D eigenvalue weighted by Crippen LogP contribution is -2.48. The molecule has 3 atom stereocenters. The molecule has 2 aliphatic rings. The molecule has 2 heterocycles. The van der Waals surface area contributed by atoms with Gasteiger partial charge in [0, 0.05) is 19.0 Å². The van der Waals surface area contributed by atoms with E-state index in [4.69, 9.17) is 9.47 Å². The minimum absolute atomic E-state index is 0.0128. The molecule has 0 radical (unpaired) electrons. The first-order valence-corrected chi connectivity index (χ1v) is 12.6. The van der Waals surface area contributed by atoms with Crippen molar-refractivity contribution in [2.75, 3.05) is 32.8 Å². The second kappa shape index (κ2) is 12.3. The standard InChI is InChI=1S/C26H41N3O4/c1-5-8-19(4)27-26(31)21-9-6-12-29(16-21)17-24(30)28-25(18(2)3)20-10-11-22-23(15-20)33-14-7-13-32-22/h10-11,15,18-19,21,25H,5-9,12-14,16-17H2,1-4H3,(H,27,31)(H,28,30). The van der Waals surface area contributed by atoms with E-state index in [1.165, 1.54) is 0 Å². The number of amides is 2. The Hall–Kier alpha value is -2.28. The van der Waals surface area contributed by atoms with Gasteiger partial charge >= 0.3 is 0 Å². The first-order valence-electron chi connectivity index (χ1n) is 12.6. The molecule has 0 aliphatic carbocycles. The first kappa shape index (κ1) is 25.3. The first-order chi connectivity index (χ1) is 15.9. The van der Waals surface area contributed by atoms with Gasteiger partial charge in [0.15, 0.2) is 11.5 Å². The summed E-state index contributed by atoms with van der Waals surface area (Å²) in [5, 5.41) is 6.35. The van der Waals surface area contributed by atoms with E-state index in [1.807, 2.05) is 18.2 Å². The Labute approximate surface area is 198 Å². The van der Waals surface area contributed by atoms with E-state index in [1.54, 1.807) is 0 Å². The Kier molecular flexibility index (Phi) is 9.41. The summed E-state index contributed by atoms with van der Waals surface area (Å²) in [5.41, 5.74) is 1.02. The van der Waals surface area contributed by atoms with Crippen LogP contribution < -0.4 is 20.1 Å². The molecule has 2 aliphatic heterocycles. The molecule has 2 amide bonds. The summed E-state index contributed by atoms with van der Waals surface area (Å²) in [6.07, 6.45) is 4.72. The lowest BCUT2D eigenvalue weighted by atomic mass is 9.95. The quantitative estimate of drug-likeness (QED) is 0.589. The monoisotopic (exact) mass is 459 g/mol. The predicted molar refractivity (Wildman–Crippen MR) is 129 cm³/mol. The molecular weight excluding hydrogens is 418 g/mol. The Morgan fingerprint density at radius 3 is 2.58 bits per heavy atom. The zero-order chi connectivity index (χ0) is 23.8. The van der Waals surface area contributed by atoms with Crippen LogP contribution >= 0.6 is 0 Å². The van der Waals surface area contributed by atoms with Crippen LogP contribution in [-0.2, 0) is 9.59 Å². The molecule has 2 N–H and O–H groups in total. The number of piperidine rings is 1. The number of carbonyl (C=O) groups is 2. The third kappa shape index (κ3) is 7.36. The van der Waals surface area contributed by atoms with Gasteiger partial charge in [-0.1, -0.05) is 33.3 Å². The van der Waals surface area contributed by atoms with Crippen LogP contribution in [0.15, 0.2) is 18.2 Å². The number of ether oxygens (including phenoxy) is 2. The van der Waals surface area contributed by atoms with Gasteiger partial charge in [0.2, 0.25) is 11.8 Å². The zero-order valence-corrected chi connectivity index (χ0v) is 20.7. The van der Waals surface area contributed by atoms with E-state index in [0.29, 0.717) is 26.3 Å². The van der Waals surface area contributed by atoms with Crippen molar-refractivity contribution >= 4 is 11.8 Å². The van der Waals surface area contributed by atoms with Crippen LogP contribution in [0.1, 0.15) is 71.4 Å². The molecule has 0 spiro atoms. The number of nitrogens with one attached hydrogen (secondary N) is 2. The molecule has 0 saturated carbocycles. The van der Waals surface area contributed by atoms with E-state index in [2.05, 4.69) is 43.2 Å². The van der Waals surface area contributed by atoms with Crippen LogP contribution in [0, 0.1) is 11.8 Å². The van der Waals surface area contributed by atoms with Crippen molar-refractivity contribution in [1.29, 1.82) is 0 Å². The van der Waals surface area contributed by atoms with Gasteiger partial charge in [0.1, 0.15) is 0 Å². The Balaban J connectivity index is 1.57. The third-order valence-corrected chi connectivity index (χ3v) is 6.47. The van der Waals surface area contributed by atoms with Crippen molar-refractivity contribution in [2.24, 2.45) is 11.8 Å². The minimum atomic E-state index is -0.117. The maximum absolute atomic E-state index is 13.0. The average molecular weight is 460 g/mol. The molecule has 33 heavy (non-hydrogen) atoms. The van der Waals surface area contributed by atoms with Gasteiger partial charge in [-0.2, -0.15) is 0 Å². The zero-order valence-electron chi connectivity index (χ0n) is 20.7. The number of likely N-dealkylation sites (tertiary alicyclic amines) is 1. The van der Waals surface area contributed by atoms with Crippen molar-refractivity contribution in [1.82, 2.24) is 15.5 Å². The van der Waals surface area contributed by atoms with Crippen LogP contribution in [0.2, 0.25) is 0 Å². The van der Waals surface area contributed by atoms with Crippen molar-refractivity contribution in [3.05, 3.63) is 23.8 Å². The minimum Gasteiger partial charge on any atom is -0.490 e. The highest BCUT2D eigenvalue weighted by molar-refractivity contribution is 5.80. The maximum atomic E-state index is 13.0. The largest absolute Gasteiger partial charge is 0.490 e. The molecule has 7 heteroatoms. The normalized spacial score (nSPS) is 20.6. The number of hydrogen-bond donors (Lipinski definition) is 2. The van der Waals surface area contributed by atoms with E-state index >= 15 is 0 Å². The molecule has 1 fully saturated rings. The van der Waals surface area contributed by atoms with E-state index in [9.17, 15) is 9.59 Å². The van der Waals surface area contributed by atoms with Gasteiger partial charge < -0.3 is 20.1 Å². The van der Waals surface area contributed by atoms with Crippen LogP contribution in [0.25, 0.3) is 0 Å². The summed E-state index contributed by atoms with van der Waals surface area (Å²) < 4.78 is 11.6. The highest BCUT2D eigenvalue weighted by Gasteiger charge is 2.28. The third-order valence-electron chi connectivity index (χ3n) is 6.47. The number of rotatable bonds is 9. The van der Waals surface area contributed by atoms with Crippen LogP contribution in [0.5, 0.6) is 11.5 Å². The summed E-state index contributed by atoms with van der Waals surface area (Å²) in [5.74, 6) is 1.78. The van der Waals surface area contributed by atoms with E-state index in [-0.39, 0.29) is 35.7 Å². The summed E-state index contributed by atoms with van der Waals surface area (Å²) in [6, 6.07) is 6.02. The molecule has 3 rings (SSSR count). The van der Waals surface area contributed by atoms with Gasteiger partial charge in [-0.05, 0) is 56.3 Å². The fourth-order valence-electron chi connectivity index (χ4n) is 4.71. The number of fused-ring (bicyclic) bond motifs is 1. The molecular formula is C26H41N3O4. The van der Waals surface area contributed by atoms with Gasteiger partial charge in [-0.3, -0.25) is 14.5 Å². The summed E-state index contributed by atoms with van der Waals surface area (Å²) in [4.78, 5) is 27.7. The molecule has 1 aromatic rings. The van der Waals surface area contributed by atoms with Gasteiger partial charge in [-0.25, -0.2) is 0 Å². The second-order valence-electron chi connectivity index (χ2n) is 9.82. The molecule has 184 valence electrons. The van der Waals surface area contributed by atoms with Crippen molar-refractivity contribution < 1.29 is 19.1 Å².